The van der Waals surface area contributed by atoms with Crippen LogP contribution in [0.2, 0.25) is 0 Å². The number of carbonyl (C=O) groups excluding carboxylic acids is 2. The molecular weight excluding hydrogens is 450 g/mol. The van der Waals surface area contributed by atoms with Crippen LogP contribution >= 0.6 is 15.9 Å². The number of benzene rings is 2. The molecule has 0 unspecified atom stereocenters. The molecule has 1 heterocycles. The molecule has 0 atom stereocenters. The number of aryl methyl sites for hydroxylation is 1. The standard InChI is InChI=1S/C23H22BrNO5/c1-4-5-6-15-7-9-17(10-8-15)22-25-19(23(27)30-22)12-16-11-18(24)21(29-14(2)26)20(13-16)28-3/h7-13H,4-6H2,1-3H3/b19-12+. The van der Waals surface area contributed by atoms with E-state index >= 15 is 0 Å². The van der Waals surface area contributed by atoms with Gasteiger partial charge >= 0.3 is 11.9 Å². The number of unbranched alkanes of at least 4 members (excludes halogenated alkanes) is 1. The third-order valence-electron chi connectivity index (χ3n) is 4.44. The summed E-state index contributed by atoms with van der Waals surface area (Å²) >= 11 is 3.37. The van der Waals surface area contributed by atoms with Crippen LogP contribution in [-0.4, -0.2) is 24.9 Å². The summed E-state index contributed by atoms with van der Waals surface area (Å²) in [6, 6.07) is 11.2. The first-order chi connectivity index (χ1) is 14.4. The van der Waals surface area contributed by atoms with Crippen LogP contribution in [0.15, 0.2) is 51.6 Å². The van der Waals surface area contributed by atoms with Crippen LogP contribution in [0.4, 0.5) is 0 Å². The second-order valence-corrected chi connectivity index (χ2v) is 7.62. The normalized spacial score (nSPS) is 14.5. The highest BCUT2D eigenvalue weighted by Gasteiger charge is 2.24. The van der Waals surface area contributed by atoms with Gasteiger partial charge in [0.25, 0.3) is 0 Å². The smallest absolute Gasteiger partial charge is 0.363 e. The second kappa shape index (κ2) is 9.71. The van der Waals surface area contributed by atoms with Gasteiger partial charge in [-0.05, 0) is 70.2 Å². The minimum Gasteiger partial charge on any atom is -0.493 e. The molecule has 0 aromatic heterocycles. The van der Waals surface area contributed by atoms with Crippen LogP contribution in [-0.2, 0) is 20.7 Å². The minimum absolute atomic E-state index is 0.175. The van der Waals surface area contributed by atoms with Gasteiger partial charge in [0, 0.05) is 12.5 Å². The minimum atomic E-state index is -0.529. The van der Waals surface area contributed by atoms with E-state index in [4.69, 9.17) is 14.2 Å². The summed E-state index contributed by atoms with van der Waals surface area (Å²) < 4.78 is 16.3. The van der Waals surface area contributed by atoms with Gasteiger partial charge in [0.1, 0.15) is 0 Å². The topological polar surface area (TPSA) is 74.2 Å². The van der Waals surface area contributed by atoms with E-state index in [1.165, 1.54) is 19.6 Å². The van der Waals surface area contributed by atoms with E-state index in [1.54, 1.807) is 18.2 Å². The maximum atomic E-state index is 12.3. The Hall–Kier alpha value is -2.93. The molecule has 1 aliphatic rings. The summed E-state index contributed by atoms with van der Waals surface area (Å²) in [7, 11) is 1.47. The number of carbonyl (C=O) groups is 2. The fraction of sp³-hybridized carbons (Fsp3) is 0.261. The number of hydrogen-bond donors (Lipinski definition) is 0. The van der Waals surface area contributed by atoms with E-state index in [2.05, 4.69) is 27.8 Å². The van der Waals surface area contributed by atoms with E-state index in [1.807, 2.05) is 24.3 Å². The first-order valence-electron chi connectivity index (χ1n) is 9.59. The zero-order chi connectivity index (χ0) is 21.7. The van der Waals surface area contributed by atoms with Crippen molar-refractivity contribution in [3.63, 3.8) is 0 Å². The number of esters is 2. The van der Waals surface area contributed by atoms with Crippen molar-refractivity contribution >= 4 is 39.8 Å². The Morgan fingerprint density at radius 2 is 1.97 bits per heavy atom. The molecule has 0 aliphatic carbocycles. The summed E-state index contributed by atoms with van der Waals surface area (Å²) in [6.07, 6.45) is 4.89. The van der Waals surface area contributed by atoms with E-state index < -0.39 is 11.9 Å². The van der Waals surface area contributed by atoms with Crippen LogP contribution in [0.5, 0.6) is 11.5 Å². The summed E-state index contributed by atoms with van der Waals surface area (Å²) in [5, 5.41) is 0. The Morgan fingerprint density at radius 3 is 2.60 bits per heavy atom. The van der Waals surface area contributed by atoms with E-state index in [0.29, 0.717) is 15.8 Å². The van der Waals surface area contributed by atoms with Gasteiger partial charge in [-0.1, -0.05) is 25.5 Å². The van der Waals surface area contributed by atoms with Gasteiger partial charge in [-0.3, -0.25) is 4.79 Å². The molecule has 0 N–H and O–H groups in total. The van der Waals surface area contributed by atoms with Gasteiger partial charge in [0.2, 0.25) is 5.90 Å². The molecule has 1 aliphatic heterocycles. The van der Waals surface area contributed by atoms with E-state index in [0.717, 1.165) is 24.8 Å². The van der Waals surface area contributed by atoms with Crippen LogP contribution < -0.4 is 9.47 Å². The van der Waals surface area contributed by atoms with Gasteiger partial charge < -0.3 is 14.2 Å². The number of hydrogen-bond acceptors (Lipinski definition) is 6. The quantitative estimate of drug-likeness (QED) is 0.320. The first-order valence-corrected chi connectivity index (χ1v) is 10.4. The monoisotopic (exact) mass is 471 g/mol. The van der Waals surface area contributed by atoms with Gasteiger partial charge in [-0.2, -0.15) is 0 Å². The van der Waals surface area contributed by atoms with E-state index in [9.17, 15) is 9.59 Å². The van der Waals surface area contributed by atoms with Crippen molar-refractivity contribution in [2.45, 2.75) is 33.1 Å². The third kappa shape index (κ3) is 5.16. The van der Waals surface area contributed by atoms with Crippen LogP contribution in [0.3, 0.4) is 0 Å². The lowest BCUT2D eigenvalue weighted by atomic mass is 10.1. The van der Waals surface area contributed by atoms with Crippen molar-refractivity contribution in [2.24, 2.45) is 4.99 Å². The largest absolute Gasteiger partial charge is 0.493 e. The fourth-order valence-corrected chi connectivity index (χ4v) is 3.49. The molecule has 156 valence electrons. The number of nitrogens with zero attached hydrogens (tertiary/aromatic N) is 1. The fourth-order valence-electron chi connectivity index (χ4n) is 2.95. The maximum Gasteiger partial charge on any atom is 0.363 e. The number of aliphatic imine (C=N–C) groups is 1. The lowest BCUT2D eigenvalue weighted by molar-refractivity contribution is -0.132. The van der Waals surface area contributed by atoms with Crippen molar-refractivity contribution in [1.29, 1.82) is 0 Å². The predicted octanol–water partition coefficient (Wildman–Crippen LogP) is 5.07. The van der Waals surface area contributed by atoms with Crippen molar-refractivity contribution in [3.8, 4) is 11.5 Å². The highest BCUT2D eigenvalue weighted by Crippen LogP contribution is 2.37. The lowest BCUT2D eigenvalue weighted by Gasteiger charge is -2.11. The Morgan fingerprint density at radius 1 is 1.23 bits per heavy atom. The molecule has 3 rings (SSSR count). The number of halogens is 1. The number of rotatable bonds is 7. The average molecular weight is 472 g/mol. The molecule has 0 bridgehead atoms. The molecule has 0 radical (unpaired) electrons. The second-order valence-electron chi connectivity index (χ2n) is 6.76. The zero-order valence-electron chi connectivity index (χ0n) is 17.0. The van der Waals surface area contributed by atoms with Crippen molar-refractivity contribution in [2.75, 3.05) is 7.11 Å². The van der Waals surface area contributed by atoms with Gasteiger partial charge in [-0.15, -0.1) is 0 Å². The Labute approximate surface area is 183 Å². The third-order valence-corrected chi connectivity index (χ3v) is 5.03. The molecule has 2 aromatic carbocycles. The van der Waals surface area contributed by atoms with Crippen LogP contribution in [0, 0.1) is 0 Å². The van der Waals surface area contributed by atoms with E-state index in [-0.39, 0.29) is 17.3 Å². The predicted molar refractivity (Wildman–Crippen MR) is 118 cm³/mol. The van der Waals surface area contributed by atoms with Crippen LogP contribution in [0.1, 0.15) is 43.4 Å². The van der Waals surface area contributed by atoms with Gasteiger partial charge in [0.15, 0.2) is 17.2 Å². The van der Waals surface area contributed by atoms with Crippen LogP contribution in [0.25, 0.3) is 6.08 Å². The molecular formula is C23H22BrNO5. The summed E-state index contributed by atoms with van der Waals surface area (Å²) in [6.45, 7) is 3.47. The SMILES string of the molecule is CCCCc1ccc(C2=N/C(=C/c3cc(Br)c(OC(C)=O)c(OC)c3)C(=O)O2)cc1. The number of cyclic esters (lactones) is 1. The molecule has 0 saturated carbocycles. The van der Waals surface area contributed by atoms with Gasteiger partial charge in [-0.25, -0.2) is 9.79 Å². The molecule has 0 amide bonds. The molecule has 0 spiro atoms. The molecule has 0 fully saturated rings. The molecule has 30 heavy (non-hydrogen) atoms. The number of ether oxygens (including phenoxy) is 3. The first kappa shape index (κ1) is 21.8. The summed E-state index contributed by atoms with van der Waals surface area (Å²) in [5.41, 5.74) is 2.80. The van der Waals surface area contributed by atoms with Gasteiger partial charge in [0.05, 0.1) is 11.6 Å². The zero-order valence-corrected chi connectivity index (χ0v) is 18.6. The Kier molecular flexibility index (Phi) is 7.05. The highest BCUT2D eigenvalue weighted by atomic mass is 79.9. The summed E-state index contributed by atoms with van der Waals surface area (Å²) in [4.78, 5) is 27.9. The Bertz CT molecular complexity index is 1020. The molecule has 2 aromatic rings. The van der Waals surface area contributed by atoms with Crippen molar-refractivity contribution in [1.82, 2.24) is 0 Å². The van der Waals surface area contributed by atoms with Crippen molar-refractivity contribution in [3.05, 3.63) is 63.3 Å². The molecule has 0 saturated heterocycles. The molecule has 6 nitrogen and oxygen atoms in total. The Balaban J connectivity index is 1.87. The average Bonchev–Trinajstić information content (AvgIpc) is 3.08. The number of methoxy groups -OCH3 is 1. The maximum absolute atomic E-state index is 12.3. The lowest BCUT2D eigenvalue weighted by Crippen LogP contribution is -2.05. The molecule has 7 heteroatoms. The summed E-state index contributed by atoms with van der Waals surface area (Å²) in [5.74, 6) is -0.0948. The van der Waals surface area contributed by atoms with Crippen molar-refractivity contribution < 1.29 is 23.8 Å². The highest BCUT2D eigenvalue weighted by molar-refractivity contribution is 9.10.